The molecule has 8 heteroatoms. The number of hydrogen-bond acceptors (Lipinski definition) is 5. The molecule has 0 amide bonds. The van der Waals surface area contributed by atoms with Crippen molar-refractivity contribution < 1.29 is 8.42 Å². The fourth-order valence-corrected chi connectivity index (χ4v) is 9.03. The van der Waals surface area contributed by atoms with E-state index in [1.807, 2.05) is 4.52 Å². The molecule has 0 radical (unpaired) electrons. The Morgan fingerprint density at radius 3 is 2.56 bits per heavy atom. The topological polar surface area (TPSA) is 93.0 Å². The molecule has 39 heavy (non-hydrogen) atoms. The van der Waals surface area contributed by atoms with Crippen LogP contribution in [-0.4, -0.2) is 44.0 Å². The lowest BCUT2D eigenvalue weighted by Gasteiger charge is -2.30. The third kappa shape index (κ3) is 4.90. The van der Waals surface area contributed by atoms with Gasteiger partial charge in [-0.3, -0.25) is 4.98 Å². The lowest BCUT2D eigenvalue weighted by molar-refractivity contribution is 0.299. The molecule has 1 aliphatic heterocycles. The zero-order valence-electron chi connectivity index (χ0n) is 23.7. The Labute approximate surface area is 231 Å². The second kappa shape index (κ2) is 10.3. The molecule has 1 atom stereocenters. The molecule has 4 aromatic heterocycles. The quantitative estimate of drug-likeness (QED) is 0.280. The van der Waals surface area contributed by atoms with Crippen LogP contribution in [-0.2, 0) is 9.84 Å². The number of aromatic nitrogens is 5. The number of hydrogen-bond donors (Lipinski definition) is 1. The van der Waals surface area contributed by atoms with E-state index in [9.17, 15) is 8.42 Å². The van der Waals surface area contributed by atoms with Crippen molar-refractivity contribution in [3.63, 3.8) is 0 Å². The third-order valence-electron chi connectivity index (χ3n) is 9.55. The second-order valence-electron chi connectivity index (χ2n) is 12.3. The Kier molecular flexibility index (Phi) is 7.02. The van der Waals surface area contributed by atoms with Crippen LogP contribution < -0.4 is 0 Å². The zero-order chi connectivity index (χ0) is 27.3. The maximum absolute atomic E-state index is 12.4. The first-order valence-corrected chi connectivity index (χ1v) is 16.5. The van der Waals surface area contributed by atoms with Crippen molar-refractivity contribution in [1.29, 1.82) is 0 Å². The van der Waals surface area contributed by atoms with Gasteiger partial charge in [0, 0.05) is 28.9 Å². The first-order chi connectivity index (χ1) is 18.7. The summed E-state index contributed by atoms with van der Waals surface area (Å²) in [6, 6.07) is 4.42. The number of H-pyrrole nitrogens is 1. The highest BCUT2D eigenvalue weighted by Gasteiger charge is 2.31. The number of aromatic amines is 1. The van der Waals surface area contributed by atoms with Crippen LogP contribution in [0.25, 0.3) is 27.9 Å². The van der Waals surface area contributed by atoms with Gasteiger partial charge in [0.15, 0.2) is 15.5 Å². The molecule has 2 aliphatic rings. The molecule has 1 saturated heterocycles. The van der Waals surface area contributed by atoms with Gasteiger partial charge in [-0.2, -0.15) is 5.10 Å². The van der Waals surface area contributed by atoms with E-state index >= 15 is 0 Å². The first-order valence-electron chi connectivity index (χ1n) is 14.8. The second-order valence-corrected chi connectivity index (χ2v) is 14.7. The van der Waals surface area contributed by atoms with Gasteiger partial charge in [0.05, 0.1) is 27.7 Å². The van der Waals surface area contributed by atoms with Crippen LogP contribution in [0.1, 0.15) is 106 Å². The van der Waals surface area contributed by atoms with Crippen molar-refractivity contribution in [2.24, 2.45) is 5.92 Å². The van der Waals surface area contributed by atoms with E-state index in [2.05, 4.69) is 61.1 Å². The number of rotatable bonds is 6. The van der Waals surface area contributed by atoms with E-state index in [1.54, 1.807) is 6.33 Å². The summed E-state index contributed by atoms with van der Waals surface area (Å²) in [5.74, 6) is 1.82. The molecule has 6 rings (SSSR count). The molecule has 5 heterocycles. The number of fused-ring (bicyclic) bond motifs is 2. The number of pyridine rings is 2. The van der Waals surface area contributed by atoms with E-state index in [0.29, 0.717) is 23.5 Å². The molecular weight excluding hydrogens is 506 g/mol. The molecule has 1 unspecified atom stereocenters. The molecule has 208 valence electrons. The molecule has 0 spiro atoms. The predicted octanol–water partition coefficient (Wildman–Crippen LogP) is 7.03. The molecule has 7 nitrogen and oxygen atoms in total. The van der Waals surface area contributed by atoms with Crippen molar-refractivity contribution >= 4 is 26.5 Å². The molecular formula is C31H41N5O2S. The molecule has 4 aromatic rings. The van der Waals surface area contributed by atoms with E-state index in [4.69, 9.17) is 4.98 Å². The lowest BCUT2D eigenvalue weighted by Crippen LogP contribution is -2.29. The Morgan fingerprint density at radius 1 is 1.03 bits per heavy atom. The van der Waals surface area contributed by atoms with Crippen LogP contribution in [0.4, 0.5) is 0 Å². The lowest BCUT2D eigenvalue weighted by atomic mass is 9.78. The zero-order valence-corrected chi connectivity index (χ0v) is 24.5. The molecule has 0 aromatic carbocycles. The summed E-state index contributed by atoms with van der Waals surface area (Å²) in [4.78, 5) is 13.4. The van der Waals surface area contributed by atoms with Crippen molar-refractivity contribution in [1.82, 2.24) is 24.6 Å². The summed E-state index contributed by atoms with van der Waals surface area (Å²) < 4.78 is 26.7. The van der Waals surface area contributed by atoms with Crippen molar-refractivity contribution in [2.75, 3.05) is 5.75 Å². The van der Waals surface area contributed by atoms with Gasteiger partial charge in [-0.15, -0.1) is 0 Å². The first kappa shape index (κ1) is 26.5. The summed E-state index contributed by atoms with van der Waals surface area (Å²) in [6.07, 6.45) is 13.0. The monoisotopic (exact) mass is 547 g/mol. The van der Waals surface area contributed by atoms with Gasteiger partial charge in [-0.25, -0.2) is 17.9 Å². The normalized spacial score (nSPS) is 23.7. The van der Waals surface area contributed by atoms with Crippen LogP contribution in [0.15, 0.2) is 24.7 Å². The van der Waals surface area contributed by atoms with Gasteiger partial charge < -0.3 is 4.98 Å². The van der Waals surface area contributed by atoms with Crippen molar-refractivity contribution in [2.45, 2.75) is 103 Å². The van der Waals surface area contributed by atoms with Crippen LogP contribution in [0, 0.1) is 19.8 Å². The minimum Gasteiger partial charge on any atom is -0.353 e. The van der Waals surface area contributed by atoms with Gasteiger partial charge >= 0.3 is 0 Å². The fourth-order valence-electron chi connectivity index (χ4n) is 7.07. The van der Waals surface area contributed by atoms with Gasteiger partial charge in [-0.1, -0.05) is 20.3 Å². The third-order valence-corrected chi connectivity index (χ3v) is 11.9. The fraction of sp³-hybridized carbons (Fsp3) is 0.581. The maximum Gasteiger partial charge on any atom is 0.158 e. The SMILES string of the molecule is Cc1c(-c2[nH]c3ccc(C4CCC(CCC5CCCCS5(=O)=O)CC4)nc3c2C(C)C)cn2ncnc2c1C. The summed E-state index contributed by atoms with van der Waals surface area (Å²) in [7, 11) is -2.86. The van der Waals surface area contributed by atoms with Gasteiger partial charge in [0.1, 0.15) is 6.33 Å². The predicted molar refractivity (Wildman–Crippen MR) is 157 cm³/mol. The van der Waals surface area contributed by atoms with Gasteiger partial charge in [0.2, 0.25) is 0 Å². The molecule has 0 bridgehead atoms. The molecule has 1 saturated carbocycles. The van der Waals surface area contributed by atoms with Crippen molar-refractivity contribution in [3.05, 3.63) is 47.0 Å². The van der Waals surface area contributed by atoms with E-state index < -0.39 is 9.84 Å². The van der Waals surface area contributed by atoms with E-state index in [1.165, 1.54) is 29.7 Å². The maximum atomic E-state index is 12.4. The van der Waals surface area contributed by atoms with Gasteiger partial charge in [0.25, 0.3) is 0 Å². The Balaban J connectivity index is 1.23. The van der Waals surface area contributed by atoms with E-state index in [0.717, 1.165) is 78.4 Å². The van der Waals surface area contributed by atoms with Crippen LogP contribution in [0.2, 0.25) is 0 Å². The van der Waals surface area contributed by atoms with E-state index in [-0.39, 0.29) is 5.25 Å². The summed E-state index contributed by atoms with van der Waals surface area (Å²) in [5.41, 5.74) is 10.1. The van der Waals surface area contributed by atoms with Crippen LogP contribution in [0.5, 0.6) is 0 Å². The number of nitrogens with zero attached hydrogens (tertiary/aromatic N) is 4. The highest BCUT2D eigenvalue weighted by Crippen LogP contribution is 2.41. The summed E-state index contributed by atoms with van der Waals surface area (Å²) >= 11 is 0. The standard InChI is InChI=1S/C31H41N5O2S/c1-19(2)28-29(25-17-36-31(32-18-33-36)21(4)20(25)3)35-27-15-14-26(34-30(27)28)23-11-8-22(9-12-23)10-13-24-7-5-6-16-39(24,37)38/h14-15,17-19,22-24,35H,5-13,16H2,1-4H3. The highest BCUT2D eigenvalue weighted by molar-refractivity contribution is 7.92. The average molecular weight is 548 g/mol. The Bertz CT molecular complexity index is 1610. The van der Waals surface area contributed by atoms with Crippen LogP contribution >= 0.6 is 0 Å². The van der Waals surface area contributed by atoms with Crippen LogP contribution in [0.3, 0.4) is 0 Å². The number of aryl methyl sites for hydroxylation is 1. The molecule has 2 fully saturated rings. The molecule has 1 N–H and O–H groups in total. The summed E-state index contributed by atoms with van der Waals surface area (Å²) in [6.45, 7) is 8.76. The molecule has 1 aliphatic carbocycles. The largest absolute Gasteiger partial charge is 0.353 e. The smallest absolute Gasteiger partial charge is 0.158 e. The number of sulfone groups is 1. The Hall–Kier alpha value is -2.74. The van der Waals surface area contributed by atoms with Crippen molar-refractivity contribution in [3.8, 4) is 11.3 Å². The summed E-state index contributed by atoms with van der Waals surface area (Å²) in [5, 5.41) is 4.32. The minimum absolute atomic E-state index is 0.0945. The minimum atomic E-state index is -2.86. The highest BCUT2D eigenvalue weighted by atomic mass is 32.2. The Morgan fingerprint density at radius 2 is 1.82 bits per heavy atom. The average Bonchev–Trinajstić information content (AvgIpc) is 3.54. The number of nitrogens with one attached hydrogen (secondary N) is 1. The van der Waals surface area contributed by atoms with Gasteiger partial charge in [-0.05, 0) is 100 Å².